The monoisotopic (exact) mass is 633 g/mol. The van der Waals surface area contributed by atoms with Crippen LogP contribution in [0.5, 0.6) is 5.75 Å². The summed E-state index contributed by atoms with van der Waals surface area (Å²) in [6.07, 6.45) is -8.55. The predicted octanol–water partition coefficient (Wildman–Crippen LogP) is 1.92. The maximum absolute atomic E-state index is 12.9. The fraction of sp³-hybridized carbons (Fsp3) is 0.586. The number of carbonyl (C=O) groups is 4. The van der Waals surface area contributed by atoms with Crippen molar-refractivity contribution in [1.29, 1.82) is 0 Å². The molecule has 12 nitrogen and oxygen atoms in total. The molecule has 0 radical (unpaired) electrons. The van der Waals surface area contributed by atoms with Crippen LogP contribution in [0.1, 0.15) is 57.2 Å². The molecule has 1 aliphatic carbocycles. The first-order valence-electron chi connectivity index (χ1n) is 13.3. The van der Waals surface area contributed by atoms with Gasteiger partial charge in [0.25, 0.3) is 0 Å². The molecule has 0 bridgehead atoms. The largest absolute Gasteiger partial charge is 0.481 e. The minimum Gasteiger partial charge on any atom is -0.481 e. The maximum Gasteiger partial charge on any atom is 0.446 e. The first kappa shape index (κ1) is 36.7. The average Bonchev–Trinajstić information content (AvgIpc) is 3.29. The second-order valence-electron chi connectivity index (χ2n) is 10.8. The zero-order valence-corrected chi connectivity index (χ0v) is 23.9. The smallest absolute Gasteiger partial charge is 0.446 e. The van der Waals surface area contributed by atoms with Gasteiger partial charge in [-0.1, -0.05) is 19.6 Å². The van der Waals surface area contributed by atoms with Gasteiger partial charge < -0.3 is 39.5 Å². The number of nitrogens with zero attached hydrogens (tertiary/aromatic N) is 1. The van der Waals surface area contributed by atoms with Crippen LogP contribution in [0, 0.1) is 6.92 Å². The molecule has 1 aromatic carbocycles. The number of halogens is 3. The molecule has 1 saturated heterocycles. The molecule has 2 aliphatic heterocycles. The van der Waals surface area contributed by atoms with Crippen molar-refractivity contribution < 1.29 is 67.0 Å². The lowest BCUT2D eigenvalue weighted by Crippen LogP contribution is -2.71. The van der Waals surface area contributed by atoms with E-state index in [4.69, 9.17) is 24.1 Å². The Labute approximate surface area is 252 Å². The third-order valence-corrected chi connectivity index (χ3v) is 8.22. The third kappa shape index (κ3) is 6.75. The van der Waals surface area contributed by atoms with Crippen molar-refractivity contribution in [1.82, 2.24) is 4.90 Å². The van der Waals surface area contributed by atoms with Gasteiger partial charge in [-0.2, -0.15) is 13.2 Å². The molecular formula is C29H38F3NO11. The molecule has 2 heterocycles. The van der Waals surface area contributed by atoms with Crippen molar-refractivity contribution in [3.05, 3.63) is 40.7 Å². The Morgan fingerprint density at radius 1 is 1.25 bits per heavy atom. The first-order chi connectivity index (χ1) is 19.9. The van der Waals surface area contributed by atoms with E-state index >= 15 is 0 Å². The summed E-state index contributed by atoms with van der Waals surface area (Å²) < 4.78 is 48.2. The standard InChI is InChI=1S/C26H33NO10.C2HF3O.CH4/c1-13-5-6-16(12-28)21-20(13)25-9-10-27(4)15(3)26(25,34)8-7-18(22(25)37-21)36-23(32)14(2)35-24(33)17(29)11-19(30)31;3-2(4,5)1-6;/h5-7,14-15,17,22,28-29,34H,8-12H2,1-4H3,(H,30,31);1H;1H4/t14-,15+,17-,22-,25-,26+;;/m0../s1. The zero-order chi connectivity index (χ0) is 32.5. The number of piperidine rings is 1. The van der Waals surface area contributed by atoms with Gasteiger partial charge in [0.2, 0.25) is 6.29 Å². The lowest BCUT2D eigenvalue weighted by Gasteiger charge is -2.58. The minimum atomic E-state index is -4.64. The number of carbonyl (C=O) groups excluding carboxylic acids is 3. The Morgan fingerprint density at radius 2 is 1.86 bits per heavy atom. The first-order valence-corrected chi connectivity index (χ1v) is 13.3. The quantitative estimate of drug-likeness (QED) is 0.254. The predicted molar refractivity (Wildman–Crippen MR) is 146 cm³/mol. The molecule has 3 aliphatic rings. The van der Waals surface area contributed by atoms with Crippen LogP contribution in [0.2, 0.25) is 0 Å². The highest BCUT2D eigenvalue weighted by atomic mass is 19.4. The molecule has 15 heteroatoms. The highest BCUT2D eigenvalue weighted by molar-refractivity contribution is 5.84. The van der Waals surface area contributed by atoms with Crippen LogP contribution < -0.4 is 4.74 Å². The summed E-state index contributed by atoms with van der Waals surface area (Å²) >= 11 is 0. The number of alkyl halides is 3. The van der Waals surface area contributed by atoms with Crippen molar-refractivity contribution >= 4 is 24.2 Å². The zero-order valence-electron chi connectivity index (χ0n) is 23.9. The summed E-state index contributed by atoms with van der Waals surface area (Å²) in [5.41, 5.74) is -0.0230. The van der Waals surface area contributed by atoms with Gasteiger partial charge in [-0.15, -0.1) is 0 Å². The molecule has 1 aromatic rings. The second-order valence-corrected chi connectivity index (χ2v) is 10.8. The maximum atomic E-state index is 12.9. The van der Waals surface area contributed by atoms with Crippen LogP contribution in [0.3, 0.4) is 0 Å². The van der Waals surface area contributed by atoms with E-state index in [0.717, 1.165) is 11.1 Å². The number of hydrogen-bond acceptors (Lipinski definition) is 11. The van der Waals surface area contributed by atoms with E-state index in [1.165, 1.54) is 6.92 Å². The summed E-state index contributed by atoms with van der Waals surface area (Å²) in [7, 11) is 1.94. The van der Waals surface area contributed by atoms with E-state index in [2.05, 4.69) is 4.90 Å². The topological polar surface area (TPSA) is 180 Å². The summed E-state index contributed by atoms with van der Waals surface area (Å²) in [5.74, 6) is -2.98. The number of carboxylic acids is 1. The number of hydrogen-bond donors (Lipinski definition) is 4. The summed E-state index contributed by atoms with van der Waals surface area (Å²) in [5, 5.41) is 40.6. The van der Waals surface area contributed by atoms with E-state index in [-0.39, 0.29) is 32.3 Å². The molecule has 0 aromatic heterocycles. The van der Waals surface area contributed by atoms with E-state index in [9.17, 15) is 42.9 Å². The Bertz CT molecular complexity index is 1300. The van der Waals surface area contributed by atoms with Crippen LogP contribution >= 0.6 is 0 Å². The van der Waals surface area contributed by atoms with Crippen molar-refractivity contribution in [3.8, 4) is 5.75 Å². The number of aldehydes is 1. The van der Waals surface area contributed by atoms with E-state index in [1.54, 1.807) is 12.1 Å². The molecule has 4 rings (SSSR count). The number of aliphatic carboxylic acids is 1. The number of likely N-dealkylation sites (tertiary alicyclic amines) is 1. The number of benzene rings is 1. The molecule has 1 fully saturated rings. The molecule has 0 saturated carbocycles. The van der Waals surface area contributed by atoms with E-state index in [1.807, 2.05) is 27.0 Å². The highest BCUT2D eigenvalue weighted by Crippen LogP contribution is 2.61. The van der Waals surface area contributed by atoms with Gasteiger partial charge >= 0.3 is 24.1 Å². The summed E-state index contributed by atoms with van der Waals surface area (Å²) in [6, 6.07) is 3.38. The number of rotatable bonds is 7. The minimum absolute atomic E-state index is 0. The normalized spacial score (nSPS) is 26.8. The number of aliphatic hydroxyl groups is 3. The van der Waals surface area contributed by atoms with Gasteiger partial charge in [0, 0.05) is 23.6 Å². The Balaban J connectivity index is 0.000000877. The fourth-order valence-electron chi connectivity index (χ4n) is 5.95. The van der Waals surface area contributed by atoms with Crippen LogP contribution in [-0.4, -0.2) is 99.2 Å². The highest BCUT2D eigenvalue weighted by Gasteiger charge is 2.69. The van der Waals surface area contributed by atoms with Crippen molar-refractivity contribution in [2.75, 3.05) is 13.6 Å². The van der Waals surface area contributed by atoms with E-state index in [0.29, 0.717) is 24.3 Å². The van der Waals surface area contributed by atoms with Gasteiger partial charge in [0.05, 0.1) is 24.0 Å². The molecular weight excluding hydrogens is 595 g/mol. The lowest BCUT2D eigenvalue weighted by molar-refractivity contribution is -0.176. The molecule has 246 valence electrons. The van der Waals surface area contributed by atoms with Gasteiger partial charge in [-0.3, -0.25) is 9.59 Å². The number of aryl methyl sites for hydroxylation is 1. The average molecular weight is 634 g/mol. The van der Waals surface area contributed by atoms with Crippen molar-refractivity contribution in [3.63, 3.8) is 0 Å². The lowest BCUT2D eigenvalue weighted by atomic mass is 9.54. The summed E-state index contributed by atoms with van der Waals surface area (Å²) in [4.78, 5) is 46.4. The molecule has 0 amide bonds. The van der Waals surface area contributed by atoms with Crippen LogP contribution in [0.15, 0.2) is 24.0 Å². The molecule has 1 spiro atoms. The van der Waals surface area contributed by atoms with Gasteiger partial charge in [-0.25, -0.2) is 9.59 Å². The van der Waals surface area contributed by atoms with Gasteiger partial charge in [-0.05, 0) is 52.4 Å². The van der Waals surface area contributed by atoms with Gasteiger partial charge in [0.1, 0.15) is 11.5 Å². The number of aliphatic hydroxyl groups excluding tert-OH is 2. The Hall–Kier alpha value is -3.53. The second kappa shape index (κ2) is 13.6. The van der Waals surface area contributed by atoms with Crippen LogP contribution in [0.25, 0.3) is 0 Å². The molecule has 0 unspecified atom stereocenters. The fourth-order valence-corrected chi connectivity index (χ4v) is 5.95. The number of carboxylic acid groups (broad SMARTS) is 1. The van der Waals surface area contributed by atoms with Crippen molar-refractivity contribution in [2.24, 2.45) is 0 Å². The molecule has 44 heavy (non-hydrogen) atoms. The number of ether oxygens (including phenoxy) is 3. The molecule has 4 N–H and O–H groups in total. The number of esters is 2. The van der Waals surface area contributed by atoms with E-state index < -0.39 is 66.1 Å². The van der Waals surface area contributed by atoms with Crippen molar-refractivity contribution in [2.45, 2.75) is 95.6 Å². The summed E-state index contributed by atoms with van der Waals surface area (Å²) in [6.45, 7) is 5.47. The Kier molecular flexibility index (Phi) is 11.4. The number of fused-ring (bicyclic) bond motifs is 1. The number of likely N-dealkylation sites (N-methyl/N-ethyl adjacent to an activating group) is 1. The molecule has 6 atom stereocenters. The van der Waals surface area contributed by atoms with Gasteiger partial charge in [0.15, 0.2) is 18.3 Å². The van der Waals surface area contributed by atoms with Crippen LogP contribution in [0.4, 0.5) is 13.2 Å². The Morgan fingerprint density at radius 3 is 2.41 bits per heavy atom. The van der Waals surface area contributed by atoms with Crippen LogP contribution in [-0.2, 0) is 40.7 Å². The third-order valence-electron chi connectivity index (χ3n) is 8.22. The SMILES string of the molecule is C.Cc1ccc(CO)c2c1[C@]13CCN(C)[C@H](C)[C@]1(O)CC=C(OC(=O)[C@H](C)OC(=O)[C@@H](O)CC(=O)O)[C@@H]3O2.O=CC(F)(F)F.